The molecule has 0 aromatic carbocycles. The monoisotopic (exact) mass is 573 g/mol. The summed E-state index contributed by atoms with van der Waals surface area (Å²) >= 11 is 0. The second-order valence-corrected chi connectivity index (χ2v) is 15.2. The summed E-state index contributed by atoms with van der Waals surface area (Å²) in [4.78, 5) is 33.1. The molecule has 0 aromatic rings. The first kappa shape index (κ1) is 36.2. The number of Topliss-reactive ketones (excluding diaryl/α,β-unsaturated/α-hetero) is 3. The highest BCUT2D eigenvalue weighted by Crippen LogP contribution is 2.38. The Hall–Kier alpha value is -0.990. The van der Waals surface area contributed by atoms with Crippen LogP contribution in [0.4, 0.5) is 0 Å². The summed E-state index contributed by atoms with van der Waals surface area (Å²) in [5.74, 6) is 4.97. The maximum Gasteiger partial charge on any atom is 0.132 e. The fraction of sp³-hybridized carbons (Fsp3) is 0.921. The number of carbonyl (C=O) groups excluding carboxylic acids is 3. The van der Waals surface area contributed by atoms with Gasteiger partial charge in [0.25, 0.3) is 0 Å². The Kier molecular flexibility index (Phi) is 18.4. The highest BCUT2D eigenvalue weighted by atomic mass is 16.1. The molecule has 4 aliphatic carbocycles. The molecule has 0 spiro atoms. The van der Waals surface area contributed by atoms with Gasteiger partial charge >= 0.3 is 0 Å². The summed E-state index contributed by atoms with van der Waals surface area (Å²) < 4.78 is 0. The molecule has 0 radical (unpaired) electrons. The first-order valence-electron chi connectivity index (χ1n) is 18.2. The zero-order valence-electron chi connectivity index (χ0n) is 27.9. The van der Waals surface area contributed by atoms with E-state index in [1.165, 1.54) is 116 Å². The van der Waals surface area contributed by atoms with Gasteiger partial charge in [0.2, 0.25) is 0 Å². The molecule has 4 saturated carbocycles. The number of hydrogen-bond acceptors (Lipinski definition) is 3. The van der Waals surface area contributed by atoms with Gasteiger partial charge in [-0.3, -0.25) is 14.4 Å². The molecule has 0 bridgehead atoms. The molecule has 4 fully saturated rings. The van der Waals surface area contributed by atoms with Crippen LogP contribution in [0.5, 0.6) is 0 Å². The van der Waals surface area contributed by atoms with E-state index in [1.807, 2.05) is 0 Å². The van der Waals surface area contributed by atoms with Crippen molar-refractivity contribution < 1.29 is 14.4 Å². The number of hydrogen-bond donors (Lipinski definition) is 0. The van der Waals surface area contributed by atoms with Gasteiger partial charge in [0, 0.05) is 38.5 Å². The van der Waals surface area contributed by atoms with E-state index in [0.29, 0.717) is 22.8 Å². The molecule has 0 saturated heterocycles. The second kappa shape index (κ2) is 20.8. The van der Waals surface area contributed by atoms with Crippen LogP contribution in [0.25, 0.3) is 0 Å². The van der Waals surface area contributed by atoms with Crippen molar-refractivity contribution in [2.75, 3.05) is 0 Å². The molecule has 238 valence electrons. The van der Waals surface area contributed by atoms with E-state index in [-0.39, 0.29) is 0 Å². The third kappa shape index (κ3) is 16.4. The quantitative estimate of drug-likeness (QED) is 0.245. The van der Waals surface area contributed by atoms with E-state index in [9.17, 15) is 14.4 Å². The van der Waals surface area contributed by atoms with Crippen molar-refractivity contribution in [2.24, 2.45) is 29.1 Å². The van der Waals surface area contributed by atoms with Gasteiger partial charge in [-0.1, -0.05) is 118 Å². The van der Waals surface area contributed by atoms with Gasteiger partial charge < -0.3 is 0 Å². The smallest absolute Gasteiger partial charge is 0.132 e. The Morgan fingerprint density at radius 3 is 1.41 bits per heavy atom. The zero-order valence-corrected chi connectivity index (χ0v) is 27.9. The van der Waals surface area contributed by atoms with Gasteiger partial charge in [-0.05, 0) is 67.6 Å². The maximum absolute atomic E-state index is 11.1. The molecule has 0 unspecified atom stereocenters. The number of unbranched alkanes of at least 4 members (excludes halogenated alkanes) is 7. The van der Waals surface area contributed by atoms with Crippen molar-refractivity contribution in [3.63, 3.8) is 0 Å². The first-order chi connectivity index (χ1) is 19.7. The van der Waals surface area contributed by atoms with Crippen molar-refractivity contribution in [3.8, 4) is 0 Å². The predicted octanol–water partition coefficient (Wildman–Crippen LogP) is 11.4. The van der Waals surface area contributed by atoms with Crippen LogP contribution in [0.3, 0.4) is 0 Å². The SMILES string of the molecule is CC(C)(C)C1CCC(=O)CC1.CCCCCCCCCCC1CCC(=O)CC1.O=C1CCC(C2CCCCC2)CC1. The number of carbonyl (C=O) groups is 3. The average Bonchev–Trinajstić information content (AvgIpc) is 2.97. The molecule has 0 amide bonds. The minimum atomic E-state index is 0.403. The van der Waals surface area contributed by atoms with Crippen molar-refractivity contribution >= 4 is 17.3 Å². The van der Waals surface area contributed by atoms with E-state index in [0.717, 1.165) is 75.0 Å². The Labute approximate surface area is 255 Å². The van der Waals surface area contributed by atoms with Crippen molar-refractivity contribution in [1.29, 1.82) is 0 Å². The average molecular weight is 573 g/mol. The maximum atomic E-state index is 11.1. The Bertz CT molecular complexity index is 696. The topological polar surface area (TPSA) is 51.2 Å². The van der Waals surface area contributed by atoms with Crippen LogP contribution in [0, 0.1) is 29.1 Å². The molecule has 0 aliphatic heterocycles. The third-order valence-electron chi connectivity index (χ3n) is 10.8. The fourth-order valence-electron chi connectivity index (χ4n) is 7.70. The van der Waals surface area contributed by atoms with Gasteiger partial charge in [-0.25, -0.2) is 0 Å². The third-order valence-corrected chi connectivity index (χ3v) is 10.8. The van der Waals surface area contributed by atoms with E-state index in [4.69, 9.17) is 0 Å². The number of ketones is 3. The molecule has 0 aromatic heterocycles. The molecule has 3 nitrogen and oxygen atoms in total. The van der Waals surface area contributed by atoms with Gasteiger partial charge in [-0.15, -0.1) is 0 Å². The summed E-state index contributed by atoms with van der Waals surface area (Å²) in [5, 5.41) is 0. The standard InChI is InChI=1S/C16H30O.C12H20O.C10H18O/c1-2-3-4-5-6-7-8-9-10-15-11-13-16(17)14-12-15;13-12-8-6-11(7-9-12)10-4-2-1-3-5-10;1-10(2,3)8-4-6-9(11)7-5-8/h15H,2-14H2,1H3;10-11H,1-9H2;8H,4-7H2,1-3H3. The van der Waals surface area contributed by atoms with Crippen LogP contribution in [-0.2, 0) is 14.4 Å². The van der Waals surface area contributed by atoms with Crippen molar-refractivity contribution in [3.05, 3.63) is 0 Å². The Morgan fingerprint density at radius 1 is 0.512 bits per heavy atom. The molecule has 4 rings (SSSR count). The minimum absolute atomic E-state index is 0.403. The van der Waals surface area contributed by atoms with Crippen LogP contribution >= 0.6 is 0 Å². The van der Waals surface area contributed by atoms with Crippen molar-refractivity contribution in [2.45, 2.75) is 195 Å². The van der Waals surface area contributed by atoms with E-state index >= 15 is 0 Å². The Balaban J connectivity index is 0.000000220. The summed E-state index contributed by atoms with van der Waals surface area (Å²) in [6.45, 7) is 9.09. The molecule has 0 N–H and O–H groups in total. The Morgan fingerprint density at radius 2 is 0.927 bits per heavy atom. The van der Waals surface area contributed by atoms with Gasteiger partial charge in [0.05, 0.1) is 0 Å². The number of rotatable bonds is 10. The predicted molar refractivity (Wildman–Crippen MR) is 174 cm³/mol. The van der Waals surface area contributed by atoms with E-state index in [2.05, 4.69) is 27.7 Å². The van der Waals surface area contributed by atoms with Gasteiger partial charge in [-0.2, -0.15) is 0 Å². The molecule has 3 heteroatoms. The van der Waals surface area contributed by atoms with Crippen molar-refractivity contribution in [1.82, 2.24) is 0 Å². The summed E-state index contributed by atoms with van der Waals surface area (Å²) in [5.41, 5.74) is 0.403. The largest absolute Gasteiger partial charge is 0.300 e. The molecular formula is C38H68O3. The summed E-state index contributed by atoms with van der Waals surface area (Å²) in [6.07, 6.45) is 32.0. The van der Waals surface area contributed by atoms with Crippen LogP contribution in [0.2, 0.25) is 0 Å². The fourth-order valence-corrected chi connectivity index (χ4v) is 7.70. The van der Waals surface area contributed by atoms with Gasteiger partial charge in [0.1, 0.15) is 17.3 Å². The van der Waals surface area contributed by atoms with Gasteiger partial charge in [0.15, 0.2) is 0 Å². The molecule has 0 heterocycles. The lowest BCUT2D eigenvalue weighted by Gasteiger charge is -2.33. The van der Waals surface area contributed by atoms with Crippen LogP contribution in [0.15, 0.2) is 0 Å². The molecule has 41 heavy (non-hydrogen) atoms. The lowest BCUT2D eigenvalue weighted by Crippen LogP contribution is -2.25. The van der Waals surface area contributed by atoms with Crippen LogP contribution in [-0.4, -0.2) is 17.3 Å². The van der Waals surface area contributed by atoms with E-state index < -0.39 is 0 Å². The normalized spacial score (nSPS) is 22.1. The molecule has 4 aliphatic rings. The summed E-state index contributed by atoms with van der Waals surface area (Å²) in [7, 11) is 0. The molecule has 0 atom stereocenters. The lowest BCUT2D eigenvalue weighted by atomic mass is 9.72. The molecular weight excluding hydrogens is 504 g/mol. The van der Waals surface area contributed by atoms with Crippen LogP contribution < -0.4 is 0 Å². The summed E-state index contributed by atoms with van der Waals surface area (Å²) in [6, 6.07) is 0. The minimum Gasteiger partial charge on any atom is -0.300 e. The second-order valence-electron chi connectivity index (χ2n) is 15.2. The zero-order chi connectivity index (χ0) is 29.9. The van der Waals surface area contributed by atoms with E-state index in [1.54, 1.807) is 0 Å². The first-order valence-corrected chi connectivity index (χ1v) is 18.2. The highest BCUT2D eigenvalue weighted by Gasteiger charge is 2.29. The highest BCUT2D eigenvalue weighted by molar-refractivity contribution is 5.79. The lowest BCUT2D eigenvalue weighted by molar-refractivity contribution is -0.122. The van der Waals surface area contributed by atoms with Crippen LogP contribution in [0.1, 0.15) is 195 Å².